The van der Waals surface area contributed by atoms with Crippen molar-refractivity contribution < 1.29 is 59.0 Å². The molecule has 2 aromatic heterocycles. The van der Waals surface area contributed by atoms with E-state index < -0.39 is 63.6 Å². The van der Waals surface area contributed by atoms with Gasteiger partial charge in [0.2, 0.25) is 27.6 Å². The average Bonchev–Trinajstić information content (AvgIpc) is 3.53. The summed E-state index contributed by atoms with van der Waals surface area (Å²) < 4.78 is 110. The number of hydrogen-bond acceptors (Lipinski definition) is 8. The van der Waals surface area contributed by atoms with E-state index in [1.807, 2.05) is 0 Å². The smallest absolute Gasteiger partial charge is 0.449 e. The Hall–Kier alpha value is -3.60. The third kappa shape index (κ3) is 9.19. The van der Waals surface area contributed by atoms with Gasteiger partial charge < -0.3 is 34.1 Å². The highest BCUT2D eigenvalue weighted by molar-refractivity contribution is 9.10. The molecule has 23 heteroatoms. The molecule has 0 aromatic carbocycles. The van der Waals surface area contributed by atoms with Crippen LogP contribution in [0.3, 0.4) is 0 Å². The van der Waals surface area contributed by atoms with Gasteiger partial charge in [-0.2, -0.15) is 26.3 Å². The Morgan fingerprint density at radius 2 is 1.34 bits per heavy atom. The number of amides is 3. The molecule has 3 aliphatic rings. The van der Waals surface area contributed by atoms with Crippen LogP contribution in [0.5, 0.6) is 0 Å². The standard InChI is InChI=1S/C19H28F3N5O5S.C8H7BrF3N3O2/c1-18(2,3)32-17(29)25-9-10-27-13(11-25)14(24-16(27)19(20,21)22)23-15(28)12-5-7-26(8-6-12)33(4,30)31;9-5-4-3-14(7(16)17)1-2-15(4)6(13-5)8(10,11)12/h12H,5-11H2,1-4H3,(H,23,28);1-3H2,(H,16,17). The van der Waals surface area contributed by atoms with Gasteiger partial charge >= 0.3 is 24.5 Å². The predicted octanol–water partition coefficient (Wildman–Crippen LogP) is 4.42. The van der Waals surface area contributed by atoms with Crippen molar-refractivity contribution in [2.24, 2.45) is 5.92 Å². The third-order valence-corrected chi connectivity index (χ3v) is 9.87. The maximum atomic E-state index is 13.6. The van der Waals surface area contributed by atoms with Gasteiger partial charge in [-0.25, -0.2) is 32.3 Å². The van der Waals surface area contributed by atoms with E-state index in [0.717, 1.165) is 20.3 Å². The molecular formula is C27H35BrF6N8O7S. The molecule has 5 heterocycles. The van der Waals surface area contributed by atoms with Crippen molar-refractivity contribution in [3.8, 4) is 0 Å². The van der Waals surface area contributed by atoms with Crippen molar-refractivity contribution in [2.75, 3.05) is 37.8 Å². The number of rotatable bonds is 3. The second-order valence-electron chi connectivity index (χ2n) is 12.7. The second-order valence-corrected chi connectivity index (χ2v) is 15.5. The molecule has 2 N–H and O–H groups in total. The number of carbonyl (C=O) groups excluding carboxylic acids is 2. The molecule has 0 unspecified atom stereocenters. The first kappa shape index (κ1) is 39.2. The van der Waals surface area contributed by atoms with Crippen LogP contribution >= 0.6 is 15.9 Å². The number of sulfonamides is 1. The summed E-state index contributed by atoms with van der Waals surface area (Å²) in [5.74, 6) is -3.51. The van der Waals surface area contributed by atoms with E-state index in [4.69, 9.17) is 9.84 Å². The largest absolute Gasteiger partial charge is 0.465 e. The fraction of sp³-hybridized carbons (Fsp3) is 0.667. The molecule has 50 heavy (non-hydrogen) atoms. The number of carboxylic acid groups (broad SMARTS) is 1. The highest BCUT2D eigenvalue weighted by Crippen LogP contribution is 2.36. The fourth-order valence-corrected chi connectivity index (χ4v) is 6.93. The molecule has 0 bridgehead atoms. The highest BCUT2D eigenvalue weighted by atomic mass is 79.9. The molecule has 1 fully saturated rings. The topological polar surface area (TPSA) is 172 Å². The van der Waals surface area contributed by atoms with Crippen molar-refractivity contribution >= 4 is 49.9 Å². The number of ether oxygens (including phenoxy) is 1. The van der Waals surface area contributed by atoms with E-state index in [1.165, 1.54) is 9.21 Å². The summed E-state index contributed by atoms with van der Waals surface area (Å²) in [5.41, 5.74) is -0.489. The number of nitrogens with zero attached hydrogens (tertiary/aromatic N) is 7. The van der Waals surface area contributed by atoms with E-state index in [1.54, 1.807) is 20.8 Å². The molecule has 0 atom stereocenters. The van der Waals surface area contributed by atoms with E-state index in [-0.39, 0.29) is 87.0 Å². The fourth-order valence-electron chi connectivity index (χ4n) is 5.54. The average molecular weight is 810 g/mol. The summed E-state index contributed by atoms with van der Waals surface area (Å²) in [6, 6.07) is 0. The Balaban J connectivity index is 0.000000276. The van der Waals surface area contributed by atoms with Gasteiger partial charge in [0.1, 0.15) is 10.2 Å². The van der Waals surface area contributed by atoms with Crippen LogP contribution in [0.25, 0.3) is 0 Å². The lowest BCUT2D eigenvalue weighted by atomic mass is 9.97. The maximum Gasteiger partial charge on any atom is 0.449 e. The third-order valence-electron chi connectivity index (χ3n) is 7.93. The minimum absolute atomic E-state index is 0.00130. The lowest BCUT2D eigenvalue weighted by Gasteiger charge is -2.32. The Labute approximate surface area is 290 Å². The number of fused-ring (bicyclic) bond motifs is 2. The van der Waals surface area contributed by atoms with Crippen molar-refractivity contribution in [2.45, 2.75) is 77.7 Å². The van der Waals surface area contributed by atoms with Gasteiger partial charge in [-0.3, -0.25) is 4.79 Å². The molecule has 3 amide bonds. The first-order chi connectivity index (χ1) is 22.9. The van der Waals surface area contributed by atoms with Gasteiger partial charge in [0.25, 0.3) is 0 Å². The van der Waals surface area contributed by atoms with Crippen LogP contribution in [0.4, 0.5) is 41.7 Å². The minimum atomic E-state index is -4.74. The molecule has 5 rings (SSSR count). The molecular weight excluding hydrogens is 774 g/mol. The van der Waals surface area contributed by atoms with Gasteiger partial charge in [0.15, 0.2) is 5.82 Å². The molecule has 1 saturated heterocycles. The summed E-state index contributed by atoms with van der Waals surface area (Å²) in [6.45, 7) is 4.86. The zero-order valence-electron chi connectivity index (χ0n) is 27.2. The summed E-state index contributed by atoms with van der Waals surface area (Å²) >= 11 is 2.92. The van der Waals surface area contributed by atoms with E-state index in [2.05, 4.69) is 31.2 Å². The zero-order valence-corrected chi connectivity index (χ0v) is 29.6. The Morgan fingerprint density at radius 1 is 0.840 bits per heavy atom. The molecule has 0 saturated carbocycles. The molecule has 3 aliphatic heterocycles. The molecule has 0 spiro atoms. The normalized spacial score (nSPS) is 17.7. The van der Waals surface area contributed by atoms with Gasteiger partial charge in [-0.15, -0.1) is 0 Å². The summed E-state index contributed by atoms with van der Waals surface area (Å²) in [5, 5.41) is 11.3. The van der Waals surface area contributed by atoms with Gasteiger partial charge in [-0.1, -0.05) is 0 Å². The van der Waals surface area contributed by atoms with Crippen LogP contribution < -0.4 is 5.32 Å². The van der Waals surface area contributed by atoms with Crippen molar-refractivity contribution in [3.63, 3.8) is 0 Å². The quantitative estimate of drug-likeness (QED) is 0.426. The van der Waals surface area contributed by atoms with Gasteiger partial charge in [-0.05, 0) is 49.5 Å². The monoisotopic (exact) mass is 808 g/mol. The molecule has 0 aliphatic carbocycles. The minimum Gasteiger partial charge on any atom is -0.465 e. The van der Waals surface area contributed by atoms with Gasteiger partial charge in [0.05, 0.1) is 30.7 Å². The Kier molecular flexibility index (Phi) is 11.1. The van der Waals surface area contributed by atoms with Crippen LogP contribution in [-0.4, -0.2) is 103 Å². The van der Waals surface area contributed by atoms with E-state index in [0.29, 0.717) is 0 Å². The summed E-state index contributed by atoms with van der Waals surface area (Å²) in [4.78, 5) is 45.3. The molecule has 280 valence electrons. The van der Waals surface area contributed by atoms with Crippen molar-refractivity contribution in [1.82, 2.24) is 33.2 Å². The van der Waals surface area contributed by atoms with Crippen LogP contribution in [0, 0.1) is 5.92 Å². The number of carbonyl (C=O) groups is 3. The lowest BCUT2D eigenvalue weighted by molar-refractivity contribution is -0.148. The first-order valence-electron chi connectivity index (χ1n) is 15.1. The Morgan fingerprint density at radius 3 is 1.84 bits per heavy atom. The number of nitrogens with one attached hydrogen (secondary N) is 1. The molecule has 0 radical (unpaired) electrons. The highest BCUT2D eigenvalue weighted by Gasteiger charge is 2.42. The van der Waals surface area contributed by atoms with Crippen LogP contribution in [0.2, 0.25) is 0 Å². The number of aromatic nitrogens is 4. The number of halogens is 7. The maximum absolute atomic E-state index is 13.6. The van der Waals surface area contributed by atoms with E-state index >= 15 is 0 Å². The van der Waals surface area contributed by atoms with Crippen LogP contribution in [0.1, 0.15) is 56.6 Å². The number of hydrogen-bond donors (Lipinski definition) is 2. The number of piperidine rings is 1. The number of alkyl halides is 6. The van der Waals surface area contributed by atoms with E-state index in [9.17, 15) is 49.1 Å². The Bertz CT molecular complexity index is 1730. The SMILES string of the molecule is CC(C)(C)OC(=O)N1CCn2c(C(F)(F)F)nc(NC(=O)C3CCN(S(C)(=O)=O)CC3)c2C1.O=C(O)N1CCn2c(C(F)(F)F)nc(Br)c2C1. The summed E-state index contributed by atoms with van der Waals surface area (Å²) in [6.07, 6.45) is -9.54. The number of imidazole rings is 2. The van der Waals surface area contributed by atoms with Crippen LogP contribution in [0.15, 0.2) is 4.60 Å². The second kappa shape index (κ2) is 14.2. The summed E-state index contributed by atoms with van der Waals surface area (Å²) in [7, 11) is -3.37. The molecule has 15 nitrogen and oxygen atoms in total. The lowest BCUT2D eigenvalue weighted by Crippen LogP contribution is -2.42. The molecule has 2 aromatic rings. The van der Waals surface area contributed by atoms with Crippen LogP contribution in [-0.2, 0) is 58.1 Å². The van der Waals surface area contributed by atoms with Crippen molar-refractivity contribution in [1.29, 1.82) is 0 Å². The van der Waals surface area contributed by atoms with Gasteiger partial charge in [0, 0.05) is 45.2 Å². The predicted molar refractivity (Wildman–Crippen MR) is 165 cm³/mol. The van der Waals surface area contributed by atoms with Crippen molar-refractivity contribution in [3.05, 3.63) is 27.6 Å². The number of anilines is 1. The zero-order chi connectivity index (χ0) is 37.6. The first-order valence-corrected chi connectivity index (χ1v) is 17.7.